The van der Waals surface area contributed by atoms with Gasteiger partial charge in [-0.1, -0.05) is 34.8 Å². The van der Waals surface area contributed by atoms with Gasteiger partial charge in [-0.05, 0) is 60.1 Å². The van der Waals surface area contributed by atoms with Crippen LogP contribution < -0.4 is 15.4 Å². The third kappa shape index (κ3) is 5.52. The van der Waals surface area contributed by atoms with Crippen molar-refractivity contribution in [3.05, 3.63) is 67.8 Å². The number of esters is 1. The van der Waals surface area contributed by atoms with Gasteiger partial charge in [-0.3, -0.25) is 0 Å². The molecule has 3 aromatic rings. The van der Waals surface area contributed by atoms with Crippen molar-refractivity contribution < 1.29 is 14.3 Å². The number of methoxy groups -OCH3 is 1. The number of carbonyl (C=O) groups excluding carboxylic acids is 1. The number of halogens is 3. The molecule has 0 fully saturated rings. The largest absolute Gasteiger partial charge is 0.465 e. The summed E-state index contributed by atoms with van der Waals surface area (Å²) in [5, 5.41) is 9.39. The fraction of sp³-hybridized carbons (Fsp3) is 0.0526. The summed E-state index contributed by atoms with van der Waals surface area (Å²) >= 11 is 24.7. The average Bonchev–Trinajstić information content (AvgIpc) is 3.14. The molecule has 1 aromatic heterocycles. The van der Waals surface area contributed by atoms with Gasteiger partial charge in [0.25, 0.3) is 0 Å². The first-order valence-corrected chi connectivity index (χ1v) is 10.5. The van der Waals surface area contributed by atoms with Crippen LogP contribution in [0.4, 0.5) is 11.4 Å². The number of hydrogen-bond donors (Lipinski definition) is 2. The average molecular weight is 488 g/mol. The van der Waals surface area contributed by atoms with Gasteiger partial charge >= 0.3 is 5.97 Å². The van der Waals surface area contributed by atoms with Gasteiger partial charge in [0.1, 0.15) is 0 Å². The maximum atomic E-state index is 11.9. The van der Waals surface area contributed by atoms with Crippen molar-refractivity contribution in [2.75, 3.05) is 17.7 Å². The summed E-state index contributed by atoms with van der Waals surface area (Å²) < 4.78 is 10.7. The number of thiocarbonyl (C=S) groups is 1. The summed E-state index contributed by atoms with van der Waals surface area (Å²) in [7, 11) is 1.31. The summed E-state index contributed by atoms with van der Waals surface area (Å²) in [5.41, 5.74) is 1.17. The van der Waals surface area contributed by atoms with E-state index in [2.05, 4.69) is 10.6 Å². The quantitative estimate of drug-likeness (QED) is 0.296. The lowest BCUT2D eigenvalue weighted by molar-refractivity contribution is 0.0604. The topological polar surface area (TPSA) is 59.6 Å². The predicted octanol–water partition coefficient (Wildman–Crippen LogP) is 7.10. The highest BCUT2D eigenvalue weighted by Gasteiger charge is 2.17. The van der Waals surface area contributed by atoms with Crippen molar-refractivity contribution in [1.29, 1.82) is 0 Å². The van der Waals surface area contributed by atoms with Crippen molar-refractivity contribution in [3.63, 3.8) is 0 Å². The highest BCUT2D eigenvalue weighted by atomic mass is 35.5. The van der Waals surface area contributed by atoms with Crippen molar-refractivity contribution >= 4 is 80.8 Å². The van der Waals surface area contributed by atoms with E-state index in [4.69, 9.17) is 56.5 Å². The smallest absolute Gasteiger partial charge is 0.351 e. The standard InChI is InChI=1S/C19H13Cl3N2O3S2/c1-26-18(25)17-16(6-7-29-17)27-15-5-2-10(20)8-14(15)24-19(28)23-11-3-4-12(21)13(22)9-11/h2-9H,1H3,(H2,23,24,28). The number of nitrogens with one attached hydrogen (secondary N) is 2. The number of carbonyl (C=O) groups is 1. The molecule has 0 radical (unpaired) electrons. The number of anilines is 2. The number of hydrogen-bond acceptors (Lipinski definition) is 5. The maximum absolute atomic E-state index is 11.9. The summed E-state index contributed by atoms with van der Waals surface area (Å²) in [5.74, 6) is 0.321. The first kappa shape index (κ1) is 21.7. The van der Waals surface area contributed by atoms with Crippen LogP contribution in [0.15, 0.2) is 47.8 Å². The summed E-state index contributed by atoms with van der Waals surface area (Å²) in [4.78, 5) is 12.2. The molecule has 0 bridgehead atoms. The van der Waals surface area contributed by atoms with Crippen molar-refractivity contribution in [1.82, 2.24) is 0 Å². The molecular formula is C19H13Cl3N2O3S2. The molecule has 0 saturated carbocycles. The molecule has 0 aliphatic heterocycles. The maximum Gasteiger partial charge on any atom is 0.351 e. The number of ether oxygens (including phenoxy) is 2. The van der Waals surface area contributed by atoms with E-state index < -0.39 is 5.97 Å². The molecule has 2 N–H and O–H groups in total. The highest BCUT2D eigenvalue weighted by molar-refractivity contribution is 7.80. The molecule has 29 heavy (non-hydrogen) atoms. The van der Waals surface area contributed by atoms with Crippen LogP contribution in [-0.4, -0.2) is 18.2 Å². The van der Waals surface area contributed by atoms with E-state index in [1.54, 1.807) is 47.8 Å². The van der Waals surface area contributed by atoms with Crippen LogP contribution in [-0.2, 0) is 4.74 Å². The Hall–Kier alpha value is -2.03. The SMILES string of the molecule is COC(=O)c1sccc1Oc1ccc(Cl)cc1NC(=S)Nc1ccc(Cl)c(Cl)c1. The van der Waals surface area contributed by atoms with E-state index in [9.17, 15) is 4.79 Å². The van der Waals surface area contributed by atoms with Gasteiger partial charge < -0.3 is 20.1 Å². The van der Waals surface area contributed by atoms with E-state index in [0.29, 0.717) is 42.8 Å². The second kappa shape index (κ2) is 9.65. The molecule has 10 heteroatoms. The Kier molecular flexibility index (Phi) is 7.21. The zero-order valence-electron chi connectivity index (χ0n) is 14.8. The van der Waals surface area contributed by atoms with Crippen molar-refractivity contribution in [3.8, 4) is 11.5 Å². The van der Waals surface area contributed by atoms with Gasteiger partial charge in [0.15, 0.2) is 21.5 Å². The Balaban J connectivity index is 1.80. The van der Waals surface area contributed by atoms with E-state index in [-0.39, 0.29) is 5.11 Å². The van der Waals surface area contributed by atoms with Crippen molar-refractivity contribution in [2.24, 2.45) is 0 Å². The highest BCUT2D eigenvalue weighted by Crippen LogP contribution is 2.36. The summed E-state index contributed by atoms with van der Waals surface area (Å²) in [6.45, 7) is 0. The molecule has 0 atom stereocenters. The first-order valence-electron chi connectivity index (χ1n) is 8.03. The lowest BCUT2D eigenvalue weighted by Crippen LogP contribution is -2.19. The Morgan fingerprint density at radius 3 is 2.52 bits per heavy atom. The van der Waals surface area contributed by atoms with Crippen molar-refractivity contribution in [2.45, 2.75) is 0 Å². The summed E-state index contributed by atoms with van der Waals surface area (Å²) in [6, 6.07) is 11.7. The molecular weight excluding hydrogens is 475 g/mol. The normalized spacial score (nSPS) is 10.3. The monoisotopic (exact) mass is 486 g/mol. The zero-order chi connectivity index (χ0) is 21.0. The summed E-state index contributed by atoms with van der Waals surface area (Å²) in [6.07, 6.45) is 0. The molecule has 3 rings (SSSR count). The molecule has 2 aromatic carbocycles. The van der Waals surface area contributed by atoms with Crippen LogP contribution in [0.25, 0.3) is 0 Å². The zero-order valence-corrected chi connectivity index (χ0v) is 18.7. The molecule has 1 heterocycles. The fourth-order valence-electron chi connectivity index (χ4n) is 2.29. The number of benzene rings is 2. The van der Waals surface area contributed by atoms with Gasteiger partial charge in [-0.2, -0.15) is 0 Å². The van der Waals surface area contributed by atoms with E-state index in [1.807, 2.05) is 0 Å². The molecule has 0 unspecified atom stereocenters. The molecule has 0 spiro atoms. The first-order chi connectivity index (χ1) is 13.9. The molecule has 0 saturated heterocycles. The molecule has 0 aliphatic carbocycles. The van der Waals surface area contributed by atoms with Crippen LogP contribution in [0.1, 0.15) is 9.67 Å². The third-order valence-electron chi connectivity index (χ3n) is 3.59. The van der Waals surface area contributed by atoms with Gasteiger partial charge in [-0.25, -0.2) is 4.79 Å². The molecule has 0 aliphatic rings. The van der Waals surface area contributed by atoms with Crippen LogP contribution in [0.3, 0.4) is 0 Å². The molecule has 0 amide bonds. The minimum Gasteiger partial charge on any atom is -0.465 e. The minimum atomic E-state index is -0.477. The predicted molar refractivity (Wildman–Crippen MR) is 123 cm³/mol. The third-order valence-corrected chi connectivity index (χ3v) is 5.64. The minimum absolute atomic E-state index is 0.286. The lowest BCUT2D eigenvalue weighted by Gasteiger charge is -2.15. The number of rotatable bonds is 5. The van der Waals surface area contributed by atoms with Gasteiger partial charge in [0.05, 0.1) is 22.8 Å². The van der Waals surface area contributed by atoms with E-state index in [1.165, 1.54) is 18.4 Å². The fourth-order valence-corrected chi connectivity index (χ4v) is 3.72. The van der Waals surface area contributed by atoms with Crippen LogP contribution in [0.2, 0.25) is 15.1 Å². The van der Waals surface area contributed by atoms with Crippen LogP contribution in [0.5, 0.6) is 11.5 Å². The van der Waals surface area contributed by atoms with Crippen LogP contribution in [0, 0.1) is 0 Å². The van der Waals surface area contributed by atoms with Gasteiger partial charge in [0, 0.05) is 10.7 Å². The van der Waals surface area contributed by atoms with E-state index >= 15 is 0 Å². The second-order valence-electron chi connectivity index (χ2n) is 5.56. The van der Waals surface area contributed by atoms with Gasteiger partial charge in [-0.15, -0.1) is 11.3 Å². The second-order valence-corrected chi connectivity index (χ2v) is 8.13. The number of thiophene rings is 1. The van der Waals surface area contributed by atoms with Gasteiger partial charge in [0.2, 0.25) is 0 Å². The van der Waals surface area contributed by atoms with E-state index in [0.717, 1.165) is 0 Å². The Morgan fingerprint density at radius 1 is 1.00 bits per heavy atom. The molecule has 5 nitrogen and oxygen atoms in total. The molecule has 150 valence electrons. The van der Waals surface area contributed by atoms with Crippen LogP contribution >= 0.6 is 58.4 Å². The lowest BCUT2D eigenvalue weighted by atomic mass is 10.3. The Morgan fingerprint density at radius 2 is 1.79 bits per heavy atom. The Labute approximate surface area is 191 Å². The Bertz CT molecular complexity index is 1070.